The lowest BCUT2D eigenvalue weighted by Crippen LogP contribution is -2.45. The minimum atomic E-state index is -0.698. The molecule has 3 aromatic carbocycles. The van der Waals surface area contributed by atoms with Crippen LogP contribution in [0.2, 0.25) is 0 Å². The number of methoxy groups -OCH3 is 1. The highest BCUT2D eigenvalue weighted by Gasteiger charge is 2.39. The van der Waals surface area contributed by atoms with Crippen LogP contribution in [0.25, 0.3) is 0 Å². The molecule has 0 saturated carbocycles. The predicted molar refractivity (Wildman–Crippen MR) is 137 cm³/mol. The van der Waals surface area contributed by atoms with Gasteiger partial charge in [-0.25, -0.2) is 4.79 Å². The highest BCUT2D eigenvalue weighted by Crippen LogP contribution is 2.42. The van der Waals surface area contributed by atoms with Crippen molar-refractivity contribution in [3.8, 4) is 0 Å². The molecular formula is C30H35NO3. The summed E-state index contributed by atoms with van der Waals surface area (Å²) in [7, 11) is 1.37. The van der Waals surface area contributed by atoms with E-state index in [4.69, 9.17) is 4.74 Å². The number of carbonyl (C=O) groups is 2. The molecule has 0 aliphatic rings. The van der Waals surface area contributed by atoms with E-state index >= 15 is 0 Å². The number of esters is 1. The topological polar surface area (TPSA) is 55.4 Å². The van der Waals surface area contributed by atoms with Gasteiger partial charge in [0.05, 0.1) is 12.5 Å². The summed E-state index contributed by atoms with van der Waals surface area (Å²) >= 11 is 0. The molecule has 4 nitrogen and oxygen atoms in total. The zero-order valence-corrected chi connectivity index (χ0v) is 20.2. The molecule has 0 heterocycles. The Morgan fingerprint density at radius 2 is 1.24 bits per heavy atom. The quantitative estimate of drug-likeness (QED) is 0.205. The molecule has 1 amide bonds. The van der Waals surface area contributed by atoms with Crippen LogP contribution in [0, 0.1) is 0 Å². The van der Waals surface area contributed by atoms with Gasteiger partial charge in [-0.3, -0.25) is 4.79 Å². The number of hydrogen-bond donors (Lipinski definition) is 1. The van der Waals surface area contributed by atoms with Crippen molar-refractivity contribution >= 4 is 11.9 Å². The molecule has 3 rings (SSSR count). The zero-order valence-electron chi connectivity index (χ0n) is 20.2. The number of ether oxygens (including phenoxy) is 1. The summed E-state index contributed by atoms with van der Waals surface area (Å²) in [6, 6.07) is 29.7. The number of hydrogen-bond acceptors (Lipinski definition) is 3. The Kier molecular flexibility index (Phi) is 9.45. The van der Waals surface area contributed by atoms with Crippen molar-refractivity contribution in [3.63, 3.8) is 0 Å². The van der Waals surface area contributed by atoms with Crippen LogP contribution in [0.5, 0.6) is 0 Å². The molecule has 1 N–H and O–H groups in total. The fourth-order valence-electron chi connectivity index (χ4n) is 4.63. The highest BCUT2D eigenvalue weighted by molar-refractivity contribution is 5.86. The predicted octanol–water partition coefficient (Wildman–Crippen LogP) is 6.04. The van der Waals surface area contributed by atoms with Crippen LogP contribution in [0.1, 0.15) is 62.1 Å². The number of carbonyl (C=O) groups excluding carboxylic acids is 2. The maximum atomic E-state index is 13.6. The summed E-state index contributed by atoms with van der Waals surface area (Å²) in [5, 5.41) is 3.00. The van der Waals surface area contributed by atoms with Crippen molar-refractivity contribution in [1.29, 1.82) is 0 Å². The van der Waals surface area contributed by atoms with Crippen molar-refractivity contribution < 1.29 is 14.3 Å². The second kappa shape index (κ2) is 12.7. The molecule has 0 fully saturated rings. The lowest BCUT2D eigenvalue weighted by atomic mass is 9.67. The van der Waals surface area contributed by atoms with E-state index in [1.807, 2.05) is 54.6 Å². The Balaban J connectivity index is 1.98. The summed E-state index contributed by atoms with van der Waals surface area (Å²) in [6.45, 7) is 2.15. The second-order valence-corrected chi connectivity index (χ2v) is 8.67. The van der Waals surface area contributed by atoms with E-state index < -0.39 is 17.4 Å². The molecule has 0 bridgehead atoms. The Bertz CT molecular complexity index is 922. The lowest BCUT2D eigenvalue weighted by molar-refractivity contribution is -0.145. The van der Waals surface area contributed by atoms with Crippen LogP contribution in [0.3, 0.4) is 0 Å². The molecule has 0 spiro atoms. The average Bonchev–Trinajstić information content (AvgIpc) is 2.90. The molecule has 1 atom stereocenters. The standard InChI is InChI=1S/C30H35NO3/c1-3-4-5-15-22-27(29(33)34-2)31-28(32)23-30(24-16-9-6-10-17-24,25-18-11-7-12-19-25)26-20-13-8-14-21-26/h6-14,16-21,27H,3-5,15,22-23H2,1-2H3,(H,31,32)/t27-/m1/s1. The molecule has 0 aliphatic heterocycles. The van der Waals surface area contributed by atoms with Gasteiger partial charge in [-0.15, -0.1) is 0 Å². The van der Waals surface area contributed by atoms with Gasteiger partial charge >= 0.3 is 5.97 Å². The highest BCUT2D eigenvalue weighted by atomic mass is 16.5. The molecule has 0 aromatic heterocycles. The van der Waals surface area contributed by atoms with Gasteiger partial charge in [0, 0.05) is 6.42 Å². The molecule has 178 valence electrons. The first kappa shape index (κ1) is 25.2. The van der Waals surface area contributed by atoms with E-state index in [1.165, 1.54) is 7.11 Å². The van der Waals surface area contributed by atoms with Gasteiger partial charge in [-0.2, -0.15) is 0 Å². The molecule has 0 aliphatic carbocycles. The molecule has 34 heavy (non-hydrogen) atoms. The van der Waals surface area contributed by atoms with Gasteiger partial charge in [0.15, 0.2) is 0 Å². The second-order valence-electron chi connectivity index (χ2n) is 8.67. The summed E-state index contributed by atoms with van der Waals surface area (Å²) in [6.07, 6.45) is 4.88. The Labute approximate surface area is 203 Å². The van der Waals surface area contributed by atoms with Crippen LogP contribution >= 0.6 is 0 Å². The number of unbranched alkanes of at least 4 members (excludes halogenated alkanes) is 3. The van der Waals surface area contributed by atoms with E-state index in [9.17, 15) is 9.59 Å². The molecule has 4 heteroatoms. The third-order valence-electron chi connectivity index (χ3n) is 6.39. The van der Waals surface area contributed by atoms with Crippen LogP contribution in [0.4, 0.5) is 0 Å². The summed E-state index contributed by atoms with van der Waals surface area (Å²) in [5.41, 5.74) is 2.39. The van der Waals surface area contributed by atoms with Crippen LogP contribution in [-0.4, -0.2) is 25.0 Å². The third kappa shape index (κ3) is 6.13. The van der Waals surface area contributed by atoms with Crippen molar-refractivity contribution in [1.82, 2.24) is 5.32 Å². The minimum Gasteiger partial charge on any atom is -0.467 e. The van der Waals surface area contributed by atoms with Gasteiger partial charge in [0.1, 0.15) is 6.04 Å². The van der Waals surface area contributed by atoms with E-state index in [2.05, 4.69) is 48.6 Å². The maximum absolute atomic E-state index is 13.6. The van der Waals surface area contributed by atoms with Crippen molar-refractivity contribution in [2.45, 2.75) is 56.9 Å². The zero-order chi connectivity index (χ0) is 24.2. The summed E-state index contributed by atoms with van der Waals surface area (Å²) in [4.78, 5) is 26.0. The Morgan fingerprint density at radius 3 is 1.65 bits per heavy atom. The van der Waals surface area contributed by atoms with Gasteiger partial charge in [0.2, 0.25) is 5.91 Å². The third-order valence-corrected chi connectivity index (χ3v) is 6.39. The first-order valence-corrected chi connectivity index (χ1v) is 12.2. The summed E-state index contributed by atoms with van der Waals surface area (Å²) in [5.74, 6) is -0.572. The van der Waals surface area contributed by atoms with Gasteiger partial charge in [-0.05, 0) is 23.1 Å². The van der Waals surface area contributed by atoms with Crippen molar-refractivity contribution in [2.24, 2.45) is 0 Å². The van der Waals surface area contributed by atoms with Gasteiger partial charge in [-0.1, -0.05) is 124 Å². The van der Waals surface area contributed by atoms with E-state index in [-0.39, 0.29) is 12.3 Å². The molecule has 0 unspecified atom stereocenters. The Hall–Kier alpha value is -3.40. The molecule has 0 saturated heterocycles. The largest absolute Gasteiger partial charge is 0.467 e. The van der Waals surface area contributed by atoms with Crippen LogP contribution in [0.15, 0.2) is 91.0 Å². The monoisotopic (exact) mass is 457 g/mol. The lowest BCUT2D eigenvalue weighted by Gasteiger charge is -2.36. The fourth-order valence-corrected chi connectivity index (χ4v) is 4.63. The van der Waals surface area contributed by atoms with E-state index in [1.54, 1.807) is 0 Å². The number of benzene rings is 3. The van der Waals surface area contributed by atoms with E-state index in [0.29, 0.717) is 6.42 Å². The average molecular weight is 458 g/mol. The van der Waals surface area contributed by atoms with E-state index in [0.717, 1.165) is 42.4 Å². The SMILES string of the molecule is CCCCCC[C@@H](NC(=O)CC(c1ccccc1)(c1ccccc1)c1ccccc1)C(=O)OC. The fraction of sp³-hybridized carbons (Fsp3) is 0.333. The molecule has 3 aromatic rings. The smallest absolute Gasteiger partial charge is 0.328 e. The normalized spacial score (nSPS) is 12.1. The minimum absolute atomic E-state index is 0.174. The number of rotatable bonds is 12. The maximum Gasteiger partial charge on any atom is 0.328 e. The van der Waals surface area contributed by atoms with Crippen LogP contribution in [-0.2, 0) is 19.7 Å². The van der Waals surface area contributed by atoms with Crippen molar-refractivity contribution in [2.75, 3.05) is 7.11 Å². The van der Waals surface area contributed by atoms with Crippen molar-refractivity contribution in [3.05, 3.63) is 108 Å². The van der Waals surface area contributed by atoms with Crippen LogP contribution < -0.4 is 5.32 Å². The first-order valence-electron chi connectivity index (χ1n) is 12.2. The number of nitrogens with one attached hydrogen (secondary N) is 1. The first-order chi connectivity index (χ1) is 16.6. The summed E-state index contributed by atoms with van der Waals surface area (Å²) < 4.78 is 5.00. The Morgan fingerprint density at radius 1 is 0.765 bits per heavy atom. The van der Waals surface area contributed by atoms with Gasteiger partial charge in [0.25, 0.3) is 0 Å². The molecular weight excluding hydrogens is 422 g/mol. The van der Waals surface area contributed by atoms with Gasteiger partial charge < -0.3 is 10.1 Å². The molecule has 0 radical (unpaired) electrons. The number of amides is 1.